The second kappa shape index (κ2) is 9.70. The predicted molar refractivity (Wildman–Crippen MR) is 128 cm³/mol. The van der Waals surface area contributed by atoms with Crippen LogP contribution in [0.3, 0.4) is 0 Å². The van der Waals surface area contributed by atoms with Gasteiger partial charge in [-0.05, 0) is 67.8 Å². The van der Waals surface area contributed by atoms with Crippen LogP contribution in [0.4, 0.5) is 5.69 Å². The van der Waals surface area contributed by atoms with Gasteiger partial charge in [-0.3, -0.25) is 9.59 Å². The van der Waals surface area contributed by atoms with E-state index in [0.29, 0.717) is 6.42 Å². The van der Waals surface area contributed by atoms with Gasteiger partial charge in [0, 0.05) is 6.54 Å². The molecule has 1 saturated heterocycles. The summed E-state index contributed by atoms with van der Waals surface area (Å²) in [6.45, 7) is 0.0912. The third-order valence-electron chi connectivity index (χ3n) is 5.99. The molecule has 1 unspecified atom stereocenters. The van der Waals surface area contributed by atoms with Crippen molar-refractivity contribution < 1.29 is 26.4 Å². The molecule has 9 nitrogen and oxygen atoms in total. The van der Waals surface area contributed by atoms with Gasteiger partial charge in [0.25, 0.3) is 15.9 Å². The number of thiophene rings is 1. The van der Waals surface area contributed by atoms with E-state index < -0.39 is 37.9 Å². The number of anilines is 1. The number of amides is 2. The fourth-order valence-corrected chi connectivity index (χ4v) is 7.47. The van der Waals surface area contributed by atoms with Gasteiger partial charge in [-0.25, -0.2) is 26.9 Å². The van der Waals surface area contributed by atoms with Crippen LogP contribution in [0.2, 0.25) is 0 Å². The lowest BCUT2D eigenvalue weighted by molar-refractivity contribution is -0.122. The summed E-state index contributed by atoms with van der Waals surface area (Å²) in [4.78, 5) is 26.9. The number of hydrogen-bond donors (Lipinski definition) is 1. The molecule has 0 spiro atoms. The molecule has 2 N–H and O–H groups in total. The van der Waals surface area contributed by atoms with Gasteiger partial charge >= 0.3 is 0 Å². The van der Waals surface area contributed by atoms with Crippen molar-refractivity contribution in [3.63, 3.8) is 0 Å². The number of carbonyl (C=O) groups excluding carboxylic acids is 2. The Hall–Kier alpha value is -2.38. The summed E-state index contributed by atoms with van der Waals surface area (Å²) in [6, 6.07) is 6.95. The molecule has 1 aliphatic heterocycles. The Balaban J connectivity index is 1.64. The first kappa shape index (κ1) is 24.7. The summed E-state index contributed by atoms with van der Waals surface area (Å²) in [7, 11) is -7.94. The fourth-order valence-electron chi connectivity index (χ4n) is 4.25. The summed E-state index contributed by atoms with van der Waals surface area (Å²) in [6.07, 6.45) is 6.33. The molecule has 2 aromatic rings. The predicted octanol–water partition coefficient (Wildman–Crippen LogP) is 2.61. The zero-order valence-electron chi connectivity index (χ0n) is 18.3. The maximum atomic E-state index is 13.5. The van der Waals surface area contributed by atoms with Crippen molar-refractivity contribution in [3.8, 4) is 0 Å². The highest BCUT2D eigenvalue weighted by Gasteiger charge is 2.47. The number of primary sulfonamides is 1. The molecule has 1 fully saturated rings. The molecular formula is C22H25N3O6S3. The lowest BCUT2D eigenvalue weighted by Crippen LogP contribution is -2.45. The molecule has 12 heteroatoms. The van der Waals surface area contributed by atoms with Crippen LogP contribution in [0, 0.1) is 0 Å². The van der Waals surface area contributed by atoms with E-state index in [1.807, 2.05) is 0 Å². The third-order valence-corrected chi connectivity index (χ3v) is 10.2. The van der Waals surface area contributed by atoms with Crippen molar-refractivity contribution in [3.05, 3.63) is 53.4 Å². The number of rotatable bonds is 8. The molecule has 1 aromatic heterocycles. The first-order valence-electron chi connectivity index (χ1n) is 10.8. The van der Waals surface area contributed by atoms with Crippen LogP contribution in [-0.2, 0) is 29.6 Å². The number of sulfonamides is 2. The molecule has 2 aliphatic rings. The molecule has 1 aromatic carbocycles. The highest BCUT2D eigenvalue weighted by Crippen LogP contribution is 2.32. The molecule has 2 amide bonds. The van der Waals surface area contributed by atoms with Crippen molar-refractivity contribution in [2.24, 2.45) is 5.14 Å². The first-order chi connectivity index (χ1) is 16.1. The van der Waals surface area contributed by atoms with Crippen molar-refractivity contribution in [1.82, 2.24) is 4.31 Å². The van der Waals surface area contributed by atoms with E-state index in [2.05, 4.69) is 6.08 Å². The van der Waals surface area contributed by atoms with Crippen LogP contribution in [0.25, 0.3) is 0 Å². The van der Waals surface area contributed by atoms with Gasteiger partial charge in [0.1, 0.15) is 10.3 Å². The van der Waals surface area contributed by atoms with E-state index in [1.165, 1.54) is 30.3 Å². The van der Waals surface area contributed by atoms with Crippen LogP contribution >= 0.6 is 11.3 Å². The molecular weight excluding hydrogens is 498 g/mol. The molecule has 1 aliphatic carbocycles. The van der Waals surface area contributed by atoms with Gasteiger partial charge in [0.2, 0.25) is 15.9 Å². The summed E-state index contributed by atoms with van der Waals surface area (Å²) in [5.74, 6) is -1.22. The van der Waals surface area contributed by atoms with E-state index in [1.54, 1.807) is 11.4 Å². The summed E-state index contributed by atoms with van der Waals surface area (Å²) in [5.41, 5.74) is 1.32. The van der Waals surface area contributed by atoms with Gasteiger partial charge in [-0.1, -0.05) is 17.7 Å². The third kappa shape index (κ3) is 5.01. The van der Waals surface area contributed by atoms with Crippen molar-refractivity contribution in [2.75, 3.05) is 11.4 Å². The van der Waals surface area contributed by atoms with E-state index in [0.717, 1.165) is 51.8 Å². The number of carbonyl (C=O) groups is 2. The normalized spacial score (nSPS) is 19.6. The van der Waals surface area contributed by atoms with E-state index in [-0.39, 0.29) is 27.8 Å². The Morgan fingerprint density at radius 1 is 1.06 bits per heavy atom. The molecule has 182 valence electrons. The lowest BCUT2D eigenvalue weighted by atomic mass is 9.97. The van der Waals surface area contributed by atoms with Gasteiger partial charge in [0.15, 0.2) is 0 Å². The van der Waals surface area contributed by atoms with Gasteiger partial charge in [-0.2, -0.15) is 4.31 Å². The van der Waals surface area contributed by atoms with Gasteiger partial charge in [-0.15, -0.1) is 11.3 Å². The van der Waals surface area contributed by atoms with Crippen LogP contribution in [0.5, 0.6) is 0 Å². The maximum Gasteiger partial charge on any atom is 0.253 e. The van der Waals surface area contributed by atoms with E-state index in [4.69, 9.17) is 5.14 Å². The van der Waals surface area contributed by atoms with Crippen molar-refractivity contribution >= 4 is 48.9 Å². The van der Waals surface area contributed by atoms with Crippen LogP contribution in [0.1, 0.15) is 38.5 Å². The second-order valence-electron chi connectivity index (χ2n) is 8.23. The smallest absolute Gasteiger partial charge is 0.253 e. The average Bonchev–Trinajstić information content (AvgIpc) is 3.43. The Labute approximate surface area is 203 Å². The fraction of sp³-hybridized carbons (Fsp3) is 0.364. The van der Waals surface area contributed by atoms with Crippen molar-refractivity contribution in [1.29, 1.82) is 0 Å². The molecule has 0 saturated carbocycles. The SMILES string of the molecule is NS(=O)(=O)c1ccc(N2C(=O)CC(N(CCC3=CCCCC3)S(=O)(=O)c3cccs3)C2=O)cc1. The Morgan fingerprint density at radius 2 is 1.79 bits per heavy atom. The highest BCUT2D eigenvalue weighted by atomic mass is 32.2. The highest BCUT2D eigenvalue weighted by molar-refractivity contribution is 7.91. The number of allylic oxidation sites excluding steroid dienone is 1. The average molecular weight is 524 g/mol. The van der Waals surface area contributed by atoms with E-state index >= 15 is 0 Å². The minimum atomic E-state index is -4.00. The Bertz CT molecular complexity index is 1320. The standard InChI is InChI=1S/C22H25N3O6S3/c23-33(28,29)18-10-8-17(9-11-18)25-20(26)15-19(22(25)27)24(13-12-16-5-2-1-3-6-16)34(30,31)21-7-4-14-32-21/h4-5,7-11,14,19H,1-3,6,12-13,15H2,(H2,23,28,29). The molecule has 34 heavy (non-hydrogen) atoms. The zero-order chi connectivity index (χ0) is 24.5. The number of nitrogens with two attached hydrogens (primary N) is 1. The summed E-state index contributed by atoms with van der Waals surface area (Å²) >= 11 is 1.06. The molecule has 1 atom stereocenters. The minimum absolute atomic E-state index is 0.0912. The lowest BCUT2D eigenvalue weighted by Gasteiger charge is -2.27. The van der Waals surface area contributed by atoms with E-state index in [9.17, 15) is 26.4 Å². The summed E-state index contributed by atoms with van der Waals surface area (Å²) in [5, 5.41) is 6.76. The maximum absolute atomic E-state index is 13.5. The molecule has 0 bridgehead atoms. The number of benzene rings is 1. The van der Waals surface area contributed by atoms with Gasteiger partial charge < -0.3 is 0 Å². The monoisotopic (exact) mass is 523 g/mol. The van der Waals surface area contributed by atoms with Gasteiger partial charge in [0.05, 0.1) is 17.0 Å². The topological polar surface area (TPSA) is 135 Å². The zero-order valence-corrected chi connectivity index (χ0v) is 20.7. The molecule has 0 radical (unpaired) electrons. The van der Waals surface area contributed by atoms with Crippen molar-refractivity contribution in [2.45, 2.75) is 53.7 Å². The largest absolute Gasteiger partial charge is 0.274 e. The van der Waals surface area contributed by atoms with Crippen LogP contribution in [-0.4, -0.2) is 45.5 Å². The second-order valence-corrected chi connectivity index (χ2v) is 12.9. The number of hydrogen-bond acceptors (Lipinski definition) is 7. The molecule has 2 heterocycles. The Kier molecular flexibility index (Phi) is 7.06. The summed E-state index contributed by atoms with van der Waals surface area (Å²) < 4.78 is 51.2. The quantitative estimate of drug-likeness (QED) is 0.417. The Morgan fingerprint density at radius 3 is 2.38 bits per heavy atom. The van der Waals surface area contributed by atoms with Crippen LogP contribution < -0.4 is 10.0 Å². The van der Waals surface area contributed by atoms with Crippen LogP contribution in [0.15, 0.2) is 62.5 Å². The number of imide groups is 1. The minimum Gasteiger partial charge on any atom is -0.274 e. The first-order valence-corrected chi connectivity index (χ1v) is 14.7. The number of nitrogens with zero attached hydrogens (tertiary/aromatic N) is 2. The molecule has 4 rings (SSSR count).